The summed E-state index contributed by atoms with van der Waals surface area (Å²) < 4.78 is 12.1. The molecule has 1 aromatic rings. The summed E-state index contributed by atoms with van der Waals surface area (Å²) in [6.45, 7) is 9.07. The van der Waals surface area contributed by atoms with Crippen LogP contribution in [-0.2, 0) is 11.2 Å². The summed E-state index contributed by atoms with van der Waals surface area (Å²) in [5.41, 5.74) is 1.65. The Hall–Kier alpha value is -1.59. The maximum absolute atomic E-state index is 13.1. The zero-order valence-corrected chi connectivity index (χ0v) is 17.3. The van der Waals surface area contributed by atoms with Crippen LogP contribution in [0.2, 0.25) is 0 Å². The number of carbonyl (C=O) groups is 1. The molecule has 1 N–H and O–H groups in total. The van der Waals surface area contributed by atoms with Gasteiger partial charge in [0, 0.05) is 25.2 Å². The van der Waals surface area contributed by atoms with Crippen molar-refractivity contribution in [2.75, 3.05) is 32.8 Å². The Kier molecular flexibility index (Phi) is 5.93. The van der Waals surface area contributed by atoms with Crippen molar-refractivity contribution in [3.8, 4) is 5.75 Å². The molecular formula is C23H34N2O3. The molecule has 5 nitrogen and oxygen atoms in total. The Morgan fingerprint density at radius 3 is 3.04 bits per heavy atom. The smallest absolute Gasteiger partial charge is 0.251 e. The summed E-state index contributed by atoms with van der Waals surface area (Å²) >= 11 is 0. The molecule has 1 aliphatic carbocycles. The van der Waals surface area contributed by atoms with Crippen LogP contribution < -0.4 is 10.1 Å². The van der Waals surface area contributed by atoms with Gasteiger partial charge in [0.15, 0.2) is 0 Å². The normalized spacial score (nSPS) is 28.0. The van der Waals surface area contributed by atoms with E-state index in [1.165, 1.54) is 6.42 Å². The number of carbonyl (C=O) groups excluding carboxylic acids is 1. The Bertz CT molecular complexity index is 701. The number of hydrogen-bond donors (Lipinski definition) is 1. The van der Waals surface area contributed by atoms with E-state index in [0.29, 0.717) is 5.92 Å². The molecule has 28 heavy (non-hydrogen) atoms. The number of nitrogens with zero attached hydrogens (tertiary/aromatic N) is 1. The van der Waals surface area contributed by atoms with Crippen molar-refractivity contribution >= 4 is 5.91 Å². The molecule has 1 saturated heterocycles. The van der Waals surface area contributed by atoms with Crippen molar-refractivity contribution in [1.82, 2.24) is 10.2 Å². The molecule has 2 heterocycles. The minimum Gasteiger partial charge on any atom is -0.493 e. The SMILES string of the molecule is CC(C)CN1CCO[C@]2(CCCC[C@H]2NC(=O)c2ccc3c(c2)CCCO3)C1. The summed E-state index contributed by atoms with van der Waals surface area (Å²) in [4.78, 5) is 15.6. The van der Waals surface area contributed by atoms with Crippen LogP contribution in [-0.4, -0.2) is 55.3 Å². The lowest BCUT2D eigenvalue weighted by atomic mass is 9.78. The summed E-state index contributed by atoms with van der Waals surface area (Å²) in [5, 5.41) is 3.34. The van der Waals surface area contributed by atoms with Gasteiger partial charge in [0.25, 0.3) is 5.91 Å². The molecule has 4 rings (SSSR count). The van der Waals surface area contributed by atoms with Gasteiger partial charge in [0.2, 0.25) is 0 Å². The molecule has 1 amide bonds. The van der Waals surface area contributed by atoms with Crippen LogP contribution in [0.15, 0.2) is 18.2 Å². The van der Waals surface area contributed by atoms with E-state index in [1.807, 2.05) is 18.2 Å². The maximum Gasteiger partial charge on any atom is 0.251 e. The highest BCUT2D eigenvalue weighted by atomic mass is 16.5. The van der Waals surface area contributed by atoms with Gasteiger partial charge in [-0.05, 0) is 55.4 Å². The molecule has 0 bridgehead atoms. The van der Waals surface area contributed by atoms with Gasteiger partial charge in [-0.1, -0.05) is 26.7 Å². The molecule has 154 valence electrons. The highest BCUT2D eigenvalue weighted by molar-refractivity contribution is 5.95. The van der Waals surface area contributed by atoms with Gasteiger partial charge in [0.1, 0.15) is 11.4 Å². The minimum atomic E-state index is -0.238. The first-order valence-corrected chi connectivity index (χ1v) is 11.0. The zero-order valence-electron chi connectivity index (χ0n) is 17.3. The number of rotatable bonds is 4. The predicted molar refractivity (Wildman–Crippen MR) is 110 cm³/mol. The quantitative estimate of drug-likeness (QED) is 0.862. The molecule has 2 fully saturated rings. The molecule has 0 aromatic heterocycles. The molecule has 1 saturated carbocycles. The number of morpholine rings is 1. The van der Waals surface area contributed by atoms with Crippen molar-refractivity contribution in [3.05, 3.63) is 29.3 Å². The molecule has 1 aromatic carbocycles. The van der Waals surface area contributed by atoms with Crippen LogP contribution in [0, 0.1) is 5.92 Å². The van der Waals surface area contributed by atoms with Gasteiger partial charge in [-0.3, -0.25) is 9.69 Å². The lowest BCUT2D eigenvalue weighted by molar-refractivity contribution is -0.142. The van der Waals surface area contributed by atoms with Gasteiger partial charge in [0.05, 0.1) is 19.3 Å². The van der Waals surface area contributed by atoms with Crippen molar-refractivity contribution < 1.29 is 14.3 Å². The number of ether oxygens (including phenoxy) is 2. The van der Waals surface area contributed by atoms with E-state index in [4.69, 9.17) is 9.47 Å². The van der Waals surface area contributed by atoms with E-state index in [0.717, 1.165) is 81.8 Å². The number of benzene rings is 1. The molecule has 5 heteroatoms. The number of hydrogen-bond acceptors (Lipinski definition) is 4. The van der Waals surface area contributed by atoms with Gasteiger partial charge in [-0.25, -0.2) is 0 Å². The number of amides is 1. The lowest BCUT2D eigenvalue weighted by Crippen LogP contribution is -2.64. The average Bonchev–Trinajstić information content (AvgIpc) is 2.69. The number of aryl methyl sites for hydroxylation is 1. The topological polar surface area (TPSA) is 50.8 Å². The first-order valence-electron chi connectivity index (χ1n) is 11.0. The lowest BCUT2D eigenvalue weighted by Gasteiger charge is -2.50. The molecule has 1 spiro atoms. The second-order valence-corrected chi connectivity index (χ2v) is 9.09. The highest BCUT2D eigenvalue weighted by Crippen LogP contribution is 2.35. The number of nitrogens with one attached hydrogen (secondary N) is 1. The highest BCUT2D eigenvalue weighted by Gasteiger charge is 2.45. The largest absolute Gasteiger partial charge is 0.493 e. The number of fused-ring (bicyclic) bond motifs is 1. The minimum absolute atomic E-state index is 0.0178. The van der Waals surface area contributed by atoms with Gasteiger partial charge in [-0.2, -0.15) is 0 Å². The molecule has 0 radical (unpaired) electrons. The Labute approximate surface area is 168 Å². The fourth-order valence-corrected chi connectivity index (χ4v) is 5.07. The summed E-state index contributed by atoms with van der Waals surface area (Å²) in [5.74, 6) is 1.59. The zero-order chi connectivity index (χ0) is 19.6. The molecule has 2 aliphatic heterocycles. The van der Waals surface area contributed by atoms with E-state index >= 15 is 0 Å². The first-order chi connectivity index (χ1) is 13.6. The van der Waals surface area contributed by atoms with Gasteiger partial charge < -0.3 is 14.8 Å². The van der Waals surface area contributed by atoms with Crippen LogP contribution in [0.5, 0.6) is 5.75 Å². The van der Waals surface area contributed by atoms with Crippen LogP contribution in [0.4, 0.5) is 0 Å². The predicted octanol–water partition coefficient (Wildman–Crippen LogP) is 3.41. The Morgan fingerprint density at radius 2 is 2.18 bits per heavy atom. The van der Waals surface area contributed by atoms with Gasteiger partial charge >= 0.3 is 0 Å². The summed E-state index contributed by atoms with van der Waals surface area (Å²) in [6, 6.07) is 5.92. The van der Waals surface area contributed by atoms with Crippen LogP contribution in [0.3, 0.4) is 0 Å². The summed E-state index contributed by atoms with van der Waals surface area (Å²) in [6.07, 6.45) is 6.36. The van der Waals surface area contributed by atoms with E-state index < -0.39 is 0 Å². The summed E-state index contributed by atoms with van der Waals surface area (Å²) in [7, 11) is 0. The van der Waals surface area contributed by atoms with Crippen molar-refractivity contribution in [3.63, 3.8) is 0 Å². The third-order valence-electron chi connectivity index (χ3n) is 6.37. The van der Waals surface area contributed by atoms with Crippen LogP contribution in [0.1, 0.15) is 61.9 Å². The Balaban J connectivity index is 1.48. The van der Waals surface area contributed by atoms with E-state index in [9.17, 15) is 4.79 Å². The maximum atomic E-state index is 13.1. The second-order valence-electron chi connectivity index (χ2n) is 9.09. The van der Waals surface area contributed by atoms with E-state index in [-0.39, 0.29) is 17.6 Å². The fourth-order valence-electron chi connectivity index (χ4n) is 5.07. The second kappa shape index (κ2) is 8.42. The van der Waals surface area contributed by atoms with Crippen LogP contribution in [0.25, 0.3) is 0 Å². The monoisotopic (exact) mass is 386 g/mol. The fraction of sp³-hybridized carbons (Fsp3) is 0.696. The standard InChI is InChI=1S/C23H34N2O3/c1-17(2)15-25-11-13-28-23(16-25)10-4-3-7-21(23)24-22(26)19-8-9-20-18(14-19)6-5-12-27-20/h8-9,14,17,21H,3-7,10-13,15-16H2,1-2H3,(H,24,26)/t21-,23-/m1/s1. The third kappa shape index (κ3) is 4.20. The van der Waals surface area contributed by atoms with Crippen molar-refractivity contribution in [2.45, 2.75) is 64.0 Å². The van der Waals surface area contributed by atoms with Gasteiger partial charge in [-0.15, -0.1) is 0 Å². The molecule has 0 unspecified atom stereocenters. The third-order valence-corrected chi connectivity index (χ3v) is 6.37. The van der Waals surface area contributed by atoms with Crippen LogP contribution >= 0.6 is 0 Å². The molecule has 2 atom stereocenters. The van der Waals surface area contributed by atoms with E-state index in [1.54, 1.807) is 0 Å². The van der Waals surface area contributed by atoms with Crippen molar-refractivity contribution in [1.29, 1.82) is 0 Å². The molecule has 3 aliphatic rings. The first kappa shape index (κ1) is 19.7. The van der Waals surface area contributed by atoms with Crippen molar-refractivity contribution in [2.24, 2.45) is 5.92 Å². The average molecular weight is 387 g/mol. The van der Waals surface area contributed by atoms with E-state index in [2.05, 4.69) is 24.1 Å². The molecular weight excluding hydrogens is 352 g/mol. The Morgan fingerprint density at radius 1 is 1.29 bits per heavy atom.